The van der Waals surface area contributed by atoms with Crippen molar-refractivity contribution >= 4 is 0 Å². The molecule has 4 bridgehead atoms. The van der Waals surface area contributed by atoms with Crippen molar-refractivity contribution in [2.75, 3.05) is 26.8 Å². The summed E-state index contributed by atoms with van der Waals surface area (Å²) in [6, 6.07) is 16.0. The largest absolute Gasteiger partial charge is 0.486 e. The van der Waals surface area contributed by atoms with Gasteiger partial charge in [-0.2, -0.15) is 0 Å². The molecule has 0 radical (unpaired) electrons. The second kappa shape index (κ2) is 7.58. The van der Waals surface area contributed by atoms with E-state index in [0.29, 0.717) is 18.6 Å². The van der Waals surface area contributed by atoms with Crippen LogP contribution in [0.3, 0.4) is 0 Å². The van der Waals surface area contributed by atoms with Gasteiger partial charge in [0, 0.05) is 42.0 Å². The molecule has 7 aliphatic rings. The van der Waals surface area contributed by atoms with E-state index in [1.807, 2.05) is 7.11 Å². The molecule has 2 aromatic carbocycles. The standard InChI is InChI=1S/C32H39NO3/c1-21-8-11-24-16-26-30-12-13-32(34-2,25(17-30)20-35-19-23-6-4-3-5-7-23)29-31(30,27(24)28(21)36-29)14-15-33(26)18-22-9-10-22/h3-8,11,22,25-26,29H,9-10,12-20H2,1-2H3/t25-,26-,29-,30-,31+,32-/m1/s1. The zero-order valence-corrected chi connectivity index (χ0v) is 21.8. The van der Waals surface area contributed by atoms with E-state index in [2.05, 4.69) is 54.3 Å². The van der Waals surface area contributed by atoms with Gasteiger partial charge in [0.2, 0.25) is 0 Å². The number of methoxy groups -OCH3 is 1. The highest BCUT2D eigenvalue weighted by Crippen LogP contribution is 2.76. The van der Waals surface area contributed by atoms with Gasteiger partial charge < -0.3 is 14.2 Å². The third kappa shape index (κ3) is 2.66. The Hall–Kier alpha value is -1.88. The predicted molar refractivity (Wildman–Crippen MR) is 139 cm³/mol. The number of rotatable bonds is 7. The summed E-state index contributed by atoms with van der Waals surface area (Å²) in [5.41, 5.74) is 5.77. The molecule has 0 unspecified atom stereocenters. The van der Waals surface area contributed by atoms with Crippen LogP contribution in [0.4, 0.5) is 0 Å². The van der Waals surface area contributed by atoms with Crippen molar-refractivity contribution < 1.29 is 14.2 Å². The molecule has 0 N–H and O–H groups in total. The number of hydrogen-bond acceptors (Lipinski definition) is 4. The van der Waals surface area contributed by atoms with E-state index >= 15 is 0 Å². The highest BCUT2D eigenvalue weighted by atomic mass is 16.6. The number of hydrogen-bond donors (Lipinski definition) is 0. The van der Waals surface area contributed by atoms with Gasteiger partial charge in [0.05, 0.1) is 13.2 Å². The molecular weight excluding hydrogens is 446 g/mol. The van der Waals surface area contributed by atoms with Gasteiger partial charge >= 0.3 is 0 Å². The van der Waals surface area contributed by atoms with E-state index in [1.165, 1.54) is 68.5 Å². The molecule has 0 aromatic heterocycles. The third-order valence-electron chi connectivity index (χ3n) is 11.5. The topological polar surface area (TPSA) is 30.9 Å². The van der Waals surface area contributed by atoms with Gasteiger partial charge in [0.25, 0.3) is 0 Å². The average Bonchev–Trinajstić information content (AvgIpc) is 3.64. The third-order valence-corrected chi connectivity index (χ3v) is 11.5. The quantitative estimate of drug-likeness (QED) is 0.523. The van der Waals surface area contributed by atoms with Gasteiger partial charge in [-0.25, -0.2) is 0 Å². The number of nitrogens with zero attached hydrogens (tertiary/aromatic N) is 1. The van der Waals surface area contributed by atoms with Crippen LogP contribution in [0.2, 0.25) is 0 Å². The average molecular weight is 486 g/mol. The second-order valence-corrected chi connectivity index (χ2v) is 12.8. The molecular formula is C32H39NO3. The summed E-state index contributed by atoms with van der Waals surface area (Å²) in [5, 5.41) is 0. The highest BCUT2D eigenvalue weighted by molar-refractivity contribution is 5.61. The Morgan fingerprint density at radius 3 is 2.72 bits per heavy atom. The highest BCUT2D eigenvalue weighted by Gasteiger charge is 2.80. The first kappa shape index (κ1) is 22.1. The van der Waals surface area contributed by atoms with Gasteiger partial charge in [-0.05, 0) is 81.0 Å². The van der Waals surface area contributed by atoms with E-state index < -0.39 is 0 Å². The molecule has 2 spiro atoms. The first-order valence-electron chi connectivity index (χ1n) is 14.3. The first-order valence-corrected chi connectivity index (χ1v) is 14.3. The molecule has 9 rings (SSSR count). The smallest absolute Gasteiger partial charge is 0.138 e. The van der Waals surface area contributed by atoms with Gasteiger partial charge in [-0.15, -0.1) is 0 Å². The lowest BCUT2D eigenvalue weighted by Gasteiger charge is -2.74. The lowest BCUT2D eigenvalue weighted by atomic mass is 9.35. The van der Waals surface area contributed by atoms with Crippen LogP contribution < -0.4 is 4.74 Å². The maximum Gasteiger partial charge on any atom is 0.138 e. The summed E-state index contributed by atoms with van der Waals surface area (Å²) in [5.74, 6) is 2.49. The summed E-state index contributed by atoms with van der Waals surface area (Å²) in [7, 11) is 1.95. The van der Waals surface area contributed by atoms with Crippen molar-refractivity contribution in [3.05, 3.63) is 64.7 Å². The van der Waals surface area contributed by atoms with E-state index in [1.54, 1.807) is 11.1 Å². The van der Waals surface area contributed by atoms with Crippen LogP contribution >= 0.6 is 0 Å². The van der Waals surface area contributed by atoms with E-state index in [0.717, 1.165) is 18.9 Å². The van der Waals surface area contributed by atoms with Gasteiger partial charge in [0.15, 0.2) is 0 Å². The van der Waals surface area contributed by atoms with Crippen molar-refractivity contribution in [1.29, 1.82) is 0 Å². The Morgan fingerprint density at radius 2 is 1.92 bits per heavy atom. The van der Waals surface area contributed by atoms with E-state index in [-0.39, 0.29) is 22.5 Å². The molecule has 36 heavy (non-hydrogen) atoms. The van der Waals surface area contributed by atoms with Crippen molar-refractivity contribution in [2.24, 2.45) is 17.3 Å². The number of piperidine rings is 1. The summed E-state index contributed by atoms with van der Waals surface area (Å²) in [4.78, 5) is 2.92. The van der Waals surface area contributed by atoms with E-state index in [4.69, 9.17) is 14.2 Å². The molecule has 1 saturated heterocycles. The minimum atomic E-state index is -0.276. The maximum atomic E-state index is 7.16. The fourth-order valence-corrected chi connectivity index (χ4v) is 9.79. The van der Waals surface area contributed by atoms with Crippen LogP contribution in [0.1, 0.15) is 60.8 Å². The van der Waals surface area contributed by atoms with Crippen LogP contribution in [0.15, 0.2) is 42.5 Å². The summed E-state index contributed by atoms with van der Waals surface area (Å²) < 4.78 is 20.3. The normalized spacial score (nSPS) is 39.7. The molecule has 2 heterocycles. The Labute approximate surface area is 215 Å². The van der Waals surface area contributed by atoms with Crippen LogP contribution in [-0.2, 0) is 27.9 Å². The molecule has 4 heteroatoms. The van der Waals surface area contributed by atoms with Crippen LogP contribution in [0.5, 0.6) is 5.75 Å². The molecule has 190 valence electrons. The van der Waals surface area contributed by atoms with Gasteiger partial charge in [-0.1, -0.05) is 42.5 Å². The molecule has 0 amide bonds. The maximum absolute atomic E-state index is 7.16. The molecule has 5 aliphatic carbocycles. The van der Waals surface area contributed by atoms with Crippen molar-refractivity contribution in [1.82, 2.24) is 4.90 Å². The fourth-order valence-electron chi connectivity index (χ4n) is 9.79. The van der Waals surface area contributed by atoms with Crippen LogP contribution in [0.25, 0.3) is 0 Å². The Morgan fingerprint density at radius 1 is 1.06 bits per heavy atom. The molecule has 4 saturated carbocycles. The Bertz CT molecular complexity index is 1190. The Kier molecular flexibility index (Phi) is 4.66. The summed E-state index contributed by atoms with van der Waals surface area (Å²) in [6.45, 7) is 6.17. The number of benzene rings is 2. The minimum Gasteiger partial charge on any atom is -0.486 e. The lowest BCUT2D eigenvalue weighted by Crippen LogP contribution is -2.81. The second-order valence-electron chi connectivity index (χ2n) is 12.8. The molecule has 5 fully saturated rings. The SMILES string of the molecule is CO[C@]12CC[C@@]3(C[C@@H]1COCc1ccccc1)[C@H]1Cc4ccc(C)c5c4[C@@]3(CCN1CC1CC1)[C@H]2O5. The minimum absolute atomic E-state index is 0.0941. The Balaban J connectivity index is 1.22. The monoisotopic (exact) mass is 485 g/mol. The number of fused-ring (bicyclic) bond motifs is 2. The number of aryl methyl sites for hydroxylation is 1. The summed E-state index contributed by atoms with van der Waals surface area (Å²) >= 11 is 0. The summed E-state index contributed by atoms with van der Waals surface area (Å²) in [6.07, 6.45) is 8.90. The van der Waals surface area contributed by atoms with Crippen LogP contribution in [-0.4, -0.2) is 49.5 Å². The molecule has 6 atom stereocenters. The number of likely N-dealkylation sites (tertiary alicyclic amines) is 1. The molecule has 2 aliphatic heterocycles. The van der Waals surface area contributed by atoms with Crippen molar-refractivity contribution in [2.45, 2.75) is 81.6 Å². The molecule has 4 nitrogen and oxygen atoms in total. The fraction of sp³-hybridized carbons (Fsp3) is 0.625. The van der Waals surface area contributed by atoms with Gasteiger partial charge in [-0.3, -0.25) is 4.90 Å². The molecule has 2 aromatic rings. The zero-order valence-electron chi connectivity index (χ0n) is 21.8. The van der Waals surface area contributed by atoms with Gasteiger partial charge in [0.1, 0.15) is 17.5 Å². The van der Waals surface area contributed by atoms with E-state index in [9.17, 15) is 0 Å². The number of ether oxygens (including phenoxy) is 3. The van der Waals surface area contributed by atoms with Crippen molar-refractivity contribution in [3.63, 3.8) is 0 Å². The lowest BCUT2D eigenvalue weighted by molar-refractivity contribution is -0.283. The predicted octanol–water partition coefficient (Wildman–Crippen LogP) is 5.44. The van der Waals surface area contributed by atoms with Crippen molar-refractivity contribution in [3.8, 4) is 5.75 Å². The van der Waals surface area contributed by atoms with Crippen LogP contribution in [0, 0.1) is 24.2 Å². The first-order chi connectivity index (χ1) is 17.6. The zero-order chi connectivity index (χ0) is 24.1.